The largest absolute Gasteiger partial charge is 0.0999 e. The molecule has 0 heterocycles. The highest BCUT2D eigenvalue weighted by atomic mass is 14.6. The van der Waals surface area contributed by atoms with E-state index in [0.29, 0.717) is 27.6 Å². The molecule has 3 saturated carbocycles. The van der Waals surface area contributed by atoms with Gasteiger partial charge in [-0.25, -0.2) is 0 Å². The smallest absolute Gasteiger partial charge is 0.00848 e. The first-order chi connectivity index (χ1) is 13.9. The van der Waals surface area contributed by atoms with Crippen molar-refractivity contribution >= 4 is 0 Å². The highest BCUT2D eigenvalue weighted by molar-refractivity contribution is 5.26. The Bertz CT molecular complexity index is 710. The van der Waals surface area contributed by atoms with Gasteiger partial charge in [-0.05, 0) is 116 Å². The fourth-order valence-electron chi connectivity index (χ4n) is 9.03. The van der Waals surface area contributed by atoms with Crippen LogP contribution in [-0.2, 0) is 0 Å². The average molecular weight is 411 g/mol. The molecule has 0 N–H and O–H groups in total. The van der Waals surface area contributed by atoms with Gasteiger partial charge < -0.3 is 0 Å². The fourth-order valence-corrected chi connectivity index (χ4v) is 9.03. The van der Waals surface area contributed by atoms with Gasteiger partial charge in [0.2, 0.25) is 0 Å². The molecule has 0 aliphatic heterocycles. The fraction of sp³-hybridized carbons (Fsp3) is 0.867. The first-order valence-corrected chi connectivity index (χ1v) is 13.3. The van der Waals surface area contributed by atoms with Crippen molar-refractivity contribution in [1.82, 2.24) is 0 Å². The van der Waals surface area contributed by atoms with E-state index in [-0.39, 0.29) is 0 Å². The minimum absolute atomic E-state index is 0.484. The maximum atomic E-state index is 4.20. The highest BCUT2D eigenvalue weighted by Gasteiger charge is 2.59. The van der Waals surface area contributed by atoms with E-state index in [0.717, 1.165) is 17.8 Å². The molecule has 7 atom stereocenters. The lowest BCUT2D eigenvalue weighted by atomic mass is 9.40. The van der Waals surface area contributed by atoms with Gasteiger partial charge in [-0.15, -0.1) is 0 Å². The van der Waals surface area contributed by atoms with E-state index in [1.165, 1.54) is 76.2 Å². The monoisotopic (exact) mass is 410 g/mol. The summed E-state index contributed by atoms with van der Waals surface area (Å²) in [6.07, 6.45) is 18.4. The van der Waals surface area contributed by atoms with E-state index in [9.17, 15) is 0 Å². The molecule has 4 rings (SSSR count). The molecule has 0 aromatic heterocycles. The summed E-state index contributed by atoms with van der Waals surface area (Å²) in [5.74, 6) is 3.48. The molecular formula is C30H50. The van der Waals surface area contributed by atoms with Gasteiger partial charge in [-0.1, -0.05) is 71.8 Å². The lowest BCUT2D eigenvalue weighted by Crippen LogP contribution is -2.56. The second-order valence-electron chi connectivity index (χ2n) is 13.8. The average Bonchev–Trinajstić information content (AvgIpc) is 2.66. The summed E-state index contributed by atoms with van der Waals surface area (Å²) in [5, 5.41) is 0. The maximum absolute atomic E-state index is 4.20. The summed E-state index contributed by atoms with van der Waals surface area (Å²) in [5.41, 5.74) is 5.34. The number of allylic oxidation sites excluding steroid dienone is 3. The van der Waals surface area contributed by atoms with Crippen LogP contribution in [-0.4, -0.2) is 0 Å². The molecule has 0 aromatic rings. The van der Waals surface area contributed by atoms with Crippen molar-refractivity contribution < 1.29 is 0 Å². The first kappa shape index (κ1) is 22.7. The maximum Gasteiger partial charge on any atom is -0.00848 e. The van der Waals surface area contributed by atoms with Crippen LogP contribution in [0, 0.1) is 45.3 Å². The number of hydrogen-bond donors (Lipinski definition) is 0. The molecule has 0 spiro atoms. The number of hydrogen-bond acceptors (Lipinski definition) is 0. The Morgan fingerprint density at radius 2 is 1.77 bits per heavy atom. The summed E-state index contributed by atoms with van der Waals surface area (Å²) in [6, 6.07) is 0. The molecule has 3 fully saturated rings. The Morgan fingerprint density at radius 1 is 1.03 bits per heavy atom. The lowest BCUT2D eigenvalue weighted by molar-refractivity contribution is -0.127. The molecule has 0 unspecified atom stereocenters. The summed E-state index contributed by atoms with van der Waals surface area (Å²) in [6.45, 7) is 21.9. The summed E-state index contributed by atoms with van der Waals surface area (Å²) < 4.78 is 0. The van der Waals surface area contributed by atoms with Crippen molar-refractivity contribution in [3.8, 4) is 0 Å². The van der Waals surface area contributed by atoms with Crippen LogP contribution >= 0.6 is 0 Å². The minimum atomic E-state index is 0.484. The molecule has 0 saturated heterocycles. The first-order valence-electron chi connectivity index (χ1n) is 13.3. The standard InChI is InChI=1S/C30H50/c1-21(2)22(3)14-17-28(6)18-19-29(7)23(20-28)10-11-25-24(29)12-13-26-27(4,5)15-9-16-30(25,26)8/h10,22,24-26H,1,9,11-20H2,2-8H3/t22-,24+,25-,26+,28+,29+,30+/m0/s1. The lowest BCUT2D eigenvalue weighted by Gasteiger charge is -2.65. The molecule has 30 heavy (non-hydrogen) atoms. The summed E-state index contributed by atoms with van der Waals surface area (Å²) >= 11 is 0. The third-order valence-electron chi connectivity index (χ3n) is 11.4. The van der Waals surface area contributed by atoms with Crippen LogP contribution in [0.25, 0.3) is 0 Å². The molecular weight excluding hydrogens is 360 g/mol. The van der Waals surface area contributed by atoms with Crippen molar-refractivity contribution in [2.75, 3.05) is 0 Å². The van der Waals surface area contributed by atoms with Crippen molar-refractivity contribution in [1.29, 1.82) is 0 Å². The predicted molar refractivity (Wildman–Crippen MR) is 131 cm³/mol. The van der Waals surface area contributed by atoms with E-state index in [2.05, 4.69) is 61.1 Å². The van der Waals surface area contributed by atoms with Crippen LogP contribution < -0.4 is 0 Å². The van der Waals surface area contributed by atoms with Crippen LogP contribution in [0.4, 0.5) is 0 Å². The zero-order valence-electron chi connectivity index (χ0n) is 21.4. The Balaban J connectivity index is 1.55. The second-order valence-corrected chi connectivity index (χ2v) is 13.8. The van der Waals surface area contributed by atoms with Gasteiger partial charge in [-0.2, -0.15) is 0 Å². The summed E-state index contributed by atoms with van der Waals surface area (Å²) in [7, 11) is 0. The molecule has 0 heteroatoms. The van der Waals surface area contributed by atoms with Crippen LogP contribution in [0.2, 0.25) is 0 Å². The van der Waals surface area contributed by atoms with Crippen molar-refractivity contribution in [2.24, 2.45) is 45.3 Å². The third-order valence-corrected chi connectivity index (χ3v) is 11.4. The number of rotatable bonds is 4. The molecule has 0 bridgehead atoms. The van der Waals surface area contributed by atoms with Gasteiger partial charge in [0.05, 0.1) is 0 Å². The van der Waals surface area contributed by atoms with Crippen molar-refractivity contribution in [2.45, 2.75) is 119 Å². The molecule has 0 amide bonds. The zero-order chi connectivity index (χ0) is 21.9. The molecule has 0 radical (unpaired) electrons. The molecule has 0 aromatic carbocycles. The minimum Gasteiger partial charge on any atom is -0.0999 e. The molecule has 170 valence electrons. The van der Waals surface area contributed by atoms with E-state index >= 15 is 0 Å². The van der Waals surface area contributed by atoms with E-state index < -0.39 is 0 Å². The Kier molecular flexibility index (Phi) is 5.68. The van der Waals surface area contributed by atoms with E-state index in [4.69, 9.17) is 0 Å². The molecule has 0 nitrogen and oxygen atoms in total. The quantitative estimate of drug-likeness (QED) is 0.405. The van der Waals surface area contributed by atoms with Crippen molar-refractivity contribution in [3.63, 3.8) is 0 Å². The molecule has 4 aliphatic rings. The number of fused-ring (bicyclic) bond motifs is 5. The Morgan fingerprint density at radius 3 is 2.47 bits per heavy atom. The van der Waals surface area contributed by atoms with Crippen LogP contribution in [0.3, 0.4) is 0 Å². The highest BCUT2D eigenvalue weighted by Crippen LogP contribution is 2.69. The zero-order valence-corrected chi connectivity index (χ0v) is 21.4. The second kappa shape index (κ2) is 7.52. The topological polar surface area (TPSA) is 0 Å². The predicted octanol–water partition coefficient (Wildman–Crippen LogP) is 9.36. The SMILES string of the molecule is C=C(C)[C@@H](C)CC[C@]1(C)CC[C@]2(C)C(=CC[C@H]3[C@H]2CC[C@@H]2C(C)(C)CCC[C@@]23C)C1. The van der Waals surface area contributed by atoms with Crippen LogP contribution in [0.15, 0.2) is 23.8 Å². The van der Waals surface area contributed by atoms with Gasteiger partial charge in [-0.3, -0.25) is 0 Å². The third kappa shape index (κ3) is 3.57. The van der Waals surface area contributed by atoms with Gasteiger partial charge in [0.1, 0.15) is 0 Å². The van der Waals surface area contributed by atoms with Gasteiger partial charge in [0.25, 0.3) is 0 Å². The normalized spacial score (nSPS) is 46.1. The van der Waals surface area contributed by atoms with Crippen molar-refractivity contribution in [3.05, 3.63) is 23.8 Å². The van der Waals surface area contributed by atoms with E-state index in [1.54, 1.807) is 0 Å². The van der Waals surface area contributed by atoms with Gasteiger partial charge in [0.15, 0.2) is 0 Å². The Hall–Kier alpha value is -0.520. The van der Waals surface area contributed by atoms with Gasteiger partial charge in [0, 0.05) is 0 Å². The molecule has 4 aliphatic carbocycles. The Labute approximate surface area is 188 Å². The van der Waals surface area contributed by atoms with Gasteiger partial charge >= 0.3 is 0 Å². The van der Waals surface area contributed by atoms with E-state index in [1.807, 2.05) is 5.57 Å². The van der Waals surface area contributed by atoms with Crippen LogP contribution in [0.1, 0.15) is 119 Å². The van der Waals surface area contributed by atoms with Crippen LogP contribution in [0.5, 0.6) is 0 Å². The summed E-state index contributed by atoms with van der Waals surface area (Å²) in [4.78, 5) is 0.